The molecule has 0 atom stereocenters. The van der Waals surface area contributed by atoms with Gasteiger partial charge in [-0.3, -0.25) is 18.9 Å². The highest BCUT2D eigenvalue weighted by molar-refractivity contribution is 7.92. The summed E-state index contributed by atoms with van der Waals surface area (Å²) in [5, 5.41) is 3.09. The normalized spacial score (nSPS) is 11.1. The summed E-state index contributed by atoms with van der Waals surface area (Å²) in [6, 6.07) is 14.7. The number of hydrogen-bond donors (Lipinski definition) is 1. The van der Waals surface area contributed by atoms with Crippen LogP contribution in [0.3, 0.4) is 0 Å². The Bertz CT molecular complexity index is 1240. The van der Waals surface area contributed by atoms with E-state index in [9.17, 15) is 18.0 Å². The second-order valence-electron chi connectivity index (χ2n) is 7.17. The van der Waals surface area contributed by atoms with Crippen molar-refractivity contribution in [2.24, 2.45) is 0 Å². The van der Waals surface area contributed by atoms with E-state index < -0.39 is 22.5 Å². The SMILES string of the molecule is Cc1ccc(S(=O)(=O)N(CC(=O)NCc2cccc(C=O)c2)c2cccc(Cl)c2C)cn1. The maximum absolute atomic E-state index is 13.4. The Hall–Kier alpha value is -3.23. The summed E-state index contributed by atoms with van der Waals surface area (Å²) in [6.07, 6.45) is 1.98. The van der Waals surface area contributed by atoms with Crippen molar-refractivity contribution >= 4 is 39.5 Å². The van der Waals surface area contributed by atoms with Gasteiger partial charge in [-0.2, -0.15) is 0 Å². The first-order valence-electron chi connectivity index (χ1n) is 9.73. The molecule has 0 aliphatic carbocycles. The van der Waals surface area contributed by atoms with Crippen LogP contribution in [0.25, 0.3) is 0 Å². The van der Waals surface area contributed by atoms with Crippen molar-refractivity contribution in [3.05, 3.63) is 88.2 Å². The molecule has 32 heavy (non-hydrogen) atoms. The molecule has 1 heterocycles. The van der Waals surface area contributed by atoms with Gasteiger partial charge in [-0.05, 0) is 55.3 Å². The van der Waals surface area contributed by atoms with Gasteiger partial charge in [0, 0.05) is 29.0 Å². The van der Waals surface area contributed by atoms with Crippen LogP contribution >= 0.6 is 11.6 Å². The number of nitrogens with one attached hydrogen (secondary N) is 1. The zero-order chi connectivity index (χ0) is 23.3. The predicted octanol–water partition coefficient (Wildman–Crippen LogP) is 3.68. The van der Waals surface area contributed by atoms with Gasteiger partial charge < -0.3 is 5.32 Å². The average molecular weight is 472 g/mol. The van der Waals surface area contributed by atoms with Crippen molar-refractivity contribution in [1.82, 2.24) is 10.3 Å². The maximum atomic E-state index is 13.4. The number of aromatic nitrogens is 1. The summed E-state index contributed by atoms with van der Waals surface area (Å²) in [5.74, 6) is -0.510. The van der Waals surface area contributed by atoms with Crippen LogP contribution in [0.4, 0.5) is 5.69 Å². The quantitative estimate of drug-likeness (QED) is 0.505. The van der Waals surface area contributed by atoms with Crippen LogP contribution < -0.4 is 9.62 Å². The molecular weight excluding hydrogens is 450 g/mol. The lowest BCUT2D eigenvalue weighted by atomic mass is 10.1. The number of rotatable bonds is 8. The third kappa shape index (κ3) is 5.33. The Morgan fingerprint density at radius 1 is 1.12 bits per heavy atom. The molecule has 0 unspecified atom stereocenters. The fourth-order valence-electron chi connectivity index (χ4n) is 3.06. The van der Waals surface area contributed by atoms with Crippen molar-refractivity contribution in [1.29, 1.82) is 0 Å². The summed E-state index contributed by atoms with van der Waals surface area (Å²) in [7, 11) is -4.09. The summed E-state index contributed by atoms with van der Waals surface area (Å²) in [6.45, 7) is 3.14. The summed E-state index contributed by atoms with van der Waals surface area (Å²) >= 11 is 6.22. The van der Waals surface area contributed by atoms with Gasteiger partial charge in [0.25, 0.3) is 10.0 Å². The number of nitrogens with zero attached hydrogens (tertiary/aromatic N) is 2. The van der Waals surface area contributed by atoms with Crippen LogP contribution in [0.15, 0.2) is 65.7 Å². The van der Waals surface area contributed by atoms with E-state index in [1.54, 1.807) is 62.4 Å². The van der Waals surface area contributed by atoms with Crippen LogP contribution in [0.2, 0.25) is 5.02 Å². The molecule has 0 fully saturated rings. The number of halogens is 1. The van der Waals surface area contributed by atoms with Gasteiger partial charge in [0.2, 0.25) is 5.91 Å². The molecule has 0 bridgehead atoms. The van der Waals surface area contributed by atoms with Crippen molar-refractivity contribution < 1.29 is 18.0 Å². The Morgan fingerprint density at radius 2 is 1.88 bits per heavy atom. The monoisotopic (exact) mass is 471 g/mol. The predicted molar refractivity (Wildman–Crippen MR) is 123 cm³/mol. The largest absolute Gasteiger partial charge is 0.350 e. The number of carbonyl (C=O) groups excluding carboxylic acids is 2. The summed E-state index contributed by atoms with van der Waals surface area (Å²) < 4.78 is 27.9. The van der Waals surface area contributed by atoms with Crippen molar-refractivity contribution in [2.75, 3.05) is 10.8 Å². The molecule has 1 aromatic heterocycles. The minimum atomic E-state index is -4.09. The van der Waals surface area contributed by atoms with Gasteiger partial charge in [-0.25, -0.2) is 8.42 Å². The molecule has 166 valence electrons. The van der Waals surface area contributed by atoms with Crippen LogP contribution in [0.1, 0.15) is 27.2 Å². The second-order valence-corrected chi connectivity index (χ2v) is 9.44. The molecule has 0 spiro atoms. The van der Waals surface area contributed by atoms with E-state index in [-0.39, 0.29) is 11.4 Å². The van der Waals surface area contributed by atoms with E-state index in [4.69, 9.17) is 11.6 Å². The Morgan fingerprint density at radius 3 is 2.56 bits per heavy atom. The lowest BCUT2D eigenvalue weighted by Gasteiger charge is -2.26. The molecule has 3 rings (SSSR count). The third-order valence-electron chi connectivity index (χ3n) is 4.84. The van der Waals surface area contributed by atoms with Crippen LogP contribution in [-0.4, -0.2) is 32.1 Å². The van der Waals surface area contributed by atoms with Crippen LogP contribution in [-0.2, 0) is 21.4 Å². The van der Waals surface area contributed by atoms with Gasteiger partial charge >= 0.3 is 0 Å². The number of sulfonamides is 1. The molecule has 1 N–H and O–H groups in total. The molecular formula is C23H22ClN3O4S. The Labute approximate surface area is 192 Å². The minimum Gasteiger partial charge on any atom is -0.350 e. The van der Waals surface area contributed by atoms with Crippen LogP contribution in [0, 0.1) is 13.8 Å². The van der Waals surface area contributed by atoms with Gasteiger partial charge in [0.15, 0.2) is 0 Å². The maximum Gasteiger partial charge on any atom is 0.266 e. The molecule has 1 amide bonds. The highest BCUT2D eigenvalue weighted by atomic mass is 35.5. The summed E-state index contributed by atoms with van der Waals surface area (Å²) in [4.78, 5) is 27.7. The first kappa shape index (κ1) is 23.4. The number of aryl methyl sites for hydroxylation is 1. The number of carbonyl (C=O) groups is 2. The molecule has 2 aromatic carbocycles. The Balaban J connectivity index is 1.90. The summed E-state index contributed by atoms with van der Waals surface area (Å²) in [5.41, 5.74) is 2.71. The fourth-order valence-corrected chi connectivity index (χ4v) is 4.66. The zero-order valence-electron chi connectivity index (χ0n) is 17.6. The minimum absolute atomic E-state index is 0.0334. The number of anilines is 1. The van der Waals surface area contributed by atoms with Gasteiger partial charge in [0.05, 0.1) is 5.69 Å². The molecule has 0 aliphatic rings. The lowest BCUT2D eigenvalue weighted by Crippen LogP contribution is -2.41. The first-order chi connectivity index (χ1) is 15.2. The highest BCUT2D eigenvalue weighted by Crippen LogP contribution is 2.30. The number of pyridine rings is 1. The molecule has 0 saturated carbocycles. The van der Waals surface area contributed by atoms with E-state index in [0.29, 0.717) is 27.5 Å². The molecule has 3 aromatic rings. The van der Waals surface area contributed by atoms with Gasteiger partial charge in [-0.15, -0.1) is 0 Å². The smallest absolute Gasteiger partial charge is 0.266 e. The number of benzene rings is 2. The van der Waals surface area contributed by atoms with E-state index >= 15 is 0 Å². The first-order valence-corrected chi connectivity index (χ1v) is 11.6. The highest BCUT2D eigenvalue weighted by Gasteiger charge is 2.29. The fraction of sp³-hybridized carbons (Fsp3) is 0.174. The van der Waals surface area contributed by atoms with Crippen LogP contribution in [0.5, 0.6) is 0 Å². The number of amides is 1. The molecule has 0 radical (unpaired) electrons. The van der Waals surface area contributed by atoms with Gasteiger partial charge in [-0.1, -0.05) is 35.9 Å². The van der Waals surface area contributed by atoms with Crippen molar-refractivity contribution in [2.45, 2.75) is 25.3 Å². The van der Waals surface area contributed by atoms with Gasteiger partial charge in [0.1, 0.15) is 17.7 Å². The second kappa shape index (κ2) is 9.93. The van der Waals surface area contributed by atoms with E-state index in [1.807, 2.05) is 0 Å². The number of hydrogen-bond acceptors (Lipinski definition) is 5. The topological polar surface area (TPSA) is 96.4 Å². The van der Waals surface area contributed by atoms with E-state index in [1.165, 1.54) is 12.3 Å². The van der Waals surface area contributed by atoms with E-state index in [0.717, 1.165) is 16.2 Å². The molecule has 9 heteroatoms. The Kier molecular flexibility index (Phi) is 7.27. The zero-order valence-corrected chi connectivity index (χ0v) is 19.2. The lowest BCUT2D eigenvalue weighted by molar-refractivity contribution is -0.119. The average Bonchev–Trinajstić information content (AvgIpc) is 2.78. The standard InChI is InChI=1S/C23H22ClN3O4S/c1-16-9-10-20(13-25-16)32(30,31)27(22-8-4-7-21(24)17(22)2)14-23(29)26-12-18-5-3-6-19(11-18)15-28/h3-11,13,15H,12,14H2,1-2H3,(H,26,29). The van der Waals surface area contributed by atoms with E-state index in [2.05, 4.69) is 10.3 Å². The molecule has 0 saturated heterocycles. The molecule has 7 nitrogen and oxygen atoms in total. The number of aldehydes is 1. The third-order valence-corrected chi connectivity index (χ3v) is 7.00. The van der Waals surface area contributed by atoms with Crippen molar-refractivity contribution in [3.8, 4) is 0 Å². The molecule has 0 aliphatic heterocycles. The van der Waals surface area contributed by atoms with Crippen molar-refractivity contribution in [3.63, 3.8) is 0 Å².